The fourth-order valence-corrected chi connectivity index (χ4v) is 2.86. The zero-order valence-corrected chi connectivity index (χ0v) is 17.6. The summed E-state index contributed by atoms with van der Waals surface area (Å²) < 4.78 is 12.2. The average Bonchev–Trinajstić information content (AvgIpc) is 2.87. The van der Waals surface area contributed by atoms with Crippen molar-refractivity contribution in [2.45, 2.75) is 38.9 Å². The van der Waals surface area contributed by atoms with Gasteiger partial charge in [0.25, 0.3) is 0 Å². The van der Waals surface area contributed by atoms with Crippen molar-refractivity contribution in [1.82, 2.24) is 0 Å². The maximum Gasteiger partial charge on any atom is 0.494 e. The number of nitrogens with zero attached hydrogens (tertiary/aromatic N) is 2. The maximum atomic E-state index is 6.09. The Morgan fingerprint density at radius 3 is 1.96 bits per heavy atom. The first kappa shape index (κ1) is 20.4. The van der Waals surface area contributed by atoms with Crippen LogP contribution in [0.15, 0.2) is 59.6 Å². The second kappa shape index (κ2) is 7.94. The molecule has 0 spiro atoms. The lowest BCUT2D eigenvalue weighted by atomic mass is 9.79. The number of benzene rings is 2. The lowest BCUT2D eigenvalue weighted by Gasteiger charge is -2.32. The summed E-state index contributed by atoms with van der Waals surface area (Å²) >= 11 is 0. The molecule has 0 atom stereocenters. The van der Waals surface area contributed by atoms with Gasteiger partial charge in [-0.05, 0) is 69.1 Å². The first-order valence-electron chi connectivity index (χ1n) is 9.62. The molecular formula is C23H29BN2O2. The summed E-state index contributed by atoms with van der Waals surface area (Å²) in [5, 5.41) is 0. The number of aliphatic imine (C=N–C) groups is 1. The monoisotopic (exact) mass is 376 g/mol. The van der Waals surface area contributed by atoms with E-state index in [1.165, 1.54) is 5.69 Å². The minimum Gasteiger partial charge on any atom is -0.399 e. The predicted molar refractivity (Wildman–Crippen MR) is 120 cm³/mol. The maximum absolute atomic E-state index is 6.09. The third-order valence-corrected chi connectivity index (χ3v) is 5.43. The summed E-state index contributed by atoms with van der Waals surface area (Å²) in [6, 6.07) is 16.4. The SMILES string of the molecule is CN(C)c1ccc(/C=C/C=Nc2ccc(B3OC(C)(C)C(C)(C)O3)cc2)cc1. The molecule has 2 aromatic rings. The van der Waals surface area contributed by atoms with Crippen molar-refractivity contribution in [3.63, 3.8) is 0 Å². The highest BCUT2D eigenvalue weighted by Crippen LogP contribution is 2.36. The van der Waals surface area contributed by atoms with Gasteiger partial charge in [-0.1, -0.05) is 30.3 Å². The minimum absolute atomic E-state index is 0.329. The van der Waals surface area contributed by atoms with Crippen molar-refractivity contribution in [1.29, 1.82) is 0 Å². The third-order valence-electron chi connectivity index (χ3n) is 5.43. The van der Waals surface area contributed by atoms with E-state index in [9.17, 15) is 0 Å². The van der Waals surface area contributed by atoms with Gasteiger partial charge in [0.1, 0.15) is 0 Å². The van der Waals surface area contributed by atoms with Crippen LogP contribution in [0, 0.1) is 0 Å². The summed E-state index contributed by atoms with van der Waals surface area (Å²) in [7, 11) is 3.73. The van der Waals surface area contributed by atoms with Gasteiger partial charge in [-0.3, -0.25) is 4.99 Å². The Hall–Kier alpha value is -2.37. The molecule has 5 heteroatoms. The molecule has 1 aliphatic rings. The molecule has 0 aliphatic carbocycles. The number of hydrogen-bond donors (Lipinski definition) is 0. The second-order valence-corrected chi connectivity index (χ2v) is 8.30. The van der Waals surface area contributed by atoms with Crippen molar-refractivity contribution in [3.05, 3.63) is 60.2 Å². The Bertz CT molecular complexity index is 837. The van der Waals surface area contributed by atoms with Gasteiger partial charge in [0.05, 0.1) is 16.9 Å². The minimum atomic E-state index is -0.340. The molecule has 0 saturated carbocycles. The Morgan fingerprint density at radius 1 is 0.857 bits per heavy atom. The van der Waals surface area contributed by atoms with E-state index in [-0.39, 0.29) is 18.3 Å². The fourth-order valence-electron chi connectivity index (χ4n) is 2.86. The molecule has 0 unspecified atom stereocenters. The van der Waals surface area contributed by atoms with Crippen molar-refractivity contribution < 1.29 is 9.31 Å². The Kier molecular flexibility index (Phi) is 5.78. The van der Waals surface area contributed by atoms with E-state index < -0.39 is 0 Å². The molecule has 0 N–H and O–H groups in total. The molecule has 0 radical (unpaired) electrons. The van der Waals surface area contributed by atoms with Crippen LogP contribution in [0.1, 0.15) is 33.3 Å². The molecule has 4 nitrogen and oxygen atoms in total. The molecule has 0 aromatic heterocycles. The summed E-state index contributed by atoms with van der Waals surface area (Å²) in [5.41, 5.74) is 3.58. The second-order valence-electron chi connectivity index (χ2n) is 8.30. The van der Waals surface area contributed by atoms with Crippen LogP contribution in [0.5, 0.6) is 0 Å². The van der Waals surface area contributed by atoms with Gasteiger partial charge in [-0.25, -0.2) is 0 Å². The molecule has 0 amide bonds. The predicted octanol–water partition coefficient (Wildman–Crippen LogP) is 4.47. The van der Waals surface area contributed by atoms with Crippen molar-refractivity contribution in [3.8, 4) is 0 Å². The molecule has 2 aromatic carbocycles. The van der Waals surface area contributed by atoms with Gasteiger partial charge in [0.15, 0.2) is 0 Å². The molecule has 1 fully saturated rings. The molecule has 1 heterocycles. The van der Waals surface area contributed by atoms with E-state index in [0.29, 0.717) is 0 Å². The van der Waals surface area contributed by atoms with E-state index in [4.69, 9.17) is 9.31 Å². The van der Waals surface area contributed by atoms with Crippen LogP contribution in [0.2, 0.25) is 0 Å². The van der Waals surface area contributed by atoms with Crippen molar-refractivity contribution in [2.75, 3.05) is 19.0 Å². The molecule has 1 saturated heterocycles. The zero-order chi connectivity index (χ0) is 20.4. The van der Waals surface area contributed by atoms with E-state index in [1.54, 1.807) is 0 Å². The topological polar surface area (TPSA) is 34.1 Å². The Labute approximate surface area is 169 Å². The highest BCUT2D eigenvalue weighted by molar-refractivity contribution is 6.62. The van der Waals surface area contributed by atoms with Crippen LogP contribution in [0.4, 0.5) is 11.4 Å². The molecule has 28 heavy (non-hydrogen) atoms. The third kappa shape index (κ3) is 4.54. The summed E-state index contributed by atoms with van der Waals surface area (Å²) in [6.45, 7) is 8.25. The fraction of sp³-hybridized carbons (Fsp3) is 0.348. The van der Waals surface area contributed by atoms with Crippen LogP contribution in [0.25, 0.3) is 6.08 Å². The van der Waals surface area contributed by atoms with Crippen molar-refractivity contribution >= 4 is 36.2 Å². The van der Waals surface area contributed by atoms with Crippen LogP contribution in [0.3, 0.4) is 0 Å². The molecule has 3 rings (SSSR count). The molecule has 1 aliphatic heterocycles. The zero-order valence-electron chi connectivity index (χ0n) is 17.6. The van der Waals surface area contributed by atoms with Crippen molar-refractivity contribution in [2.24, 2.45) is 4.99 Å². The lowest BCUT2D eigenvalue weighted by Crippen LogP contribution is -2.41. The van der Waals surface area contributed by atoms with Gasteiger partial charge in [0, 0.05) is 26.0 Å². The van der Waals surface area contributed by atoms with Gasteiger partial charge < -0.3 is 14.2 Å². The van der Waals surface area contributed by atoms with Crippen LogP contribution in [-0.2, 0) is 9.31 Å². The van der Waals surface area contributed by atoms with Crippen LogP contribution < -0.4 is 10.4 Å². The number of hydrogen-bond acceptors (Lipinski definition) is 4. The molecular weight excluding hydrogens is 347 g/mol. The lowest BCUT2D eigenvalue weighted by molar-refractivity contribution is 0.00578. The highest BCUT2D eigenvalue weighted by atomic mass is 16.7. The average molecular weight is 376 g/mol. The summed E-state index contributed by atoms with van der Waals surface area (Å²) in [4.78, 5) is 6.58. The first-order chi connectivity index (χ1) is 13.2. The van der Waals surface area contributed by atoms with Gasteiger partial charge in [-0.2, -0.15) is 0 Å². The quantitative estimate of drug-likeness (QED) is 0.571. The van der Waals surface area contributed by atoms with Crippen LogP contribution >= 0.6 is 0 Å². The largest absolute Gasteiger partial charge is 0.494 e. The number of anilines is 1. The number of allylic oxidation sites excluding steroid dienone is 1. The Morgan fingerprint density at radius 2 is 1.43 bits per heavy atom. The molecule has 0 bridgehead atoms. The normalized spacial score (nSPS) is 18.3. The van der Waals surface area contributed by atoms with Crippen LogP contribution in [-0.4, -0.2) is 38.6 Å². The van der Waals surface area contributed by atoms with Gasteiger partial charge in [0.2, 0.25) is 0 Å². The van der Waals surface area contributed by atoms with Gasteiger partial charge in [-0.15, -0.1) is 0 Å². The standard InChI is InChI=1S/C23H29BN2O2/c1-22(2)23(3,4)28-24(27-22)19-11-13-20(14-12-19)25-17-7-8-18-9-15-21(16-10-18)26(5)6/h7-17H,1-6H3/b8-7+,25-17?. The van der Waals surface area contributed by atoms with Gasteiger partial charge >= 0.3 is 7.12 Å². The summed E-state index contributed by atoms with van der Waals surface area (Å²) in [5.74, 6) is 0. The highest BCUT2D eigenvalue weighted by Gasteiger charge is 2.51. The molecule has 146 valence electrons. The number of rotatable bonds is 5. The smallest absolute Gasteiger partial charge is 0.399 e. The first-order valence-corrected chi connectivity index (χ1v) is 9.62. The van der Waals surface area contributed by atoms with E-state index in [1.807, 2.05) is 56.7 Å². The van der Waals surface area contributed by atoms with E-state index in [2.05, 4.69) is 61.9 Å². The van der Waals surface area contributed by atoms with E-state index in [0.717, 1.165) is 16.7 Å². The Balaban J connectivity index is 1.60. The summed E-state index contributed by atoms with van der Waals surface area (Å²) in [6.07, 6.45) is 5.80. The van der Waals surface area contributed by atoms with E-state index >= 15 is 0 Å².